The van der Waals surface area contributed by atoms with Crippen molar-refractivity contribution in [2.75, 3.05) is 25.1 Å². The fourth-order valence-electron chi connectivity index (χ4n) is 3.09. The van der Waals surface area contributed by atoms with Gasteiger partial charge in [-0.15, -0.1) is 0 Å². The molecule has 1 aliphatic heterocycles. The van der Waals surface area contributed by atoms with Gasteiger partial charge < -0.3 is 15.0 Å². The van der Waals surface area contributed by atoms with Gasteiger partial charge >= 0.3 is 0 Å². The molecule has 118 valence electrons. The highest BCUT2D eigenvalue weighted by Crippen LogP contribution is 2.34. The fraction of sp³-hybridized carbons (Fsp3) is 0.647. The Bertz CT molecular complexity index is 464. The molecule has 0 aliphatic carbocycles. The van der Waals surface area contributed by atoms with E-state index >= 15 is 0 Å². The van der Waals surface area contributed by atoms with Gasteiger partial charge in [-0.1, -0.05) is 38.8 Å². The second-order valence-corrected chi connectivity index (χ2v) is 6.58. The topological polar surface area (TPSA) is 24.5 Å². The Morgan fingerprint density at radius 2 is 2.19 bits per heavy atom. The third-order valence-corrected chi connectivity index (χ3v) is 4.62. The Labute approximate surface area is 133 Å². The third-order valence-electron chi connectivity index (χ3n) is 4.30. The number of nitrogens with zero attached hydrogens (tertiary/aromatic N) is 1. The summed E-state index contributed by atoms with van der Waals surface area (Å²) in [4.78, 5) is 2.46. The van der Waals surface area contributed by atoms with Gasteiger partial charge in [-0.05, 0) is 24.5 Å². The first kappa shape index (κ1) is 16.4. The molecule has 1 aromatic carbocycles. The summed E-state index contributed by atoms with van der Waals surface area (Å²) in [5.74, 6) is 1.44. The summed E-state index contributed by atoms with van der Waals surface area (Å²) in [5, 5.41) is 4.49. The molecule has 0 bridgehead atoms. The van der Waals surface area contributed by atoms with Crippen LogP contribution in [0.3, 0.4) is 0 Å². The highest BCUT2D eigenvalue weighted by molar-refractivity contribution is 6.33. The number of ether oxygens (including phenoxy) is 1. The maximum atomic E-state index is 6.46. The zero-order valence-corrected chi connectivity index (χ0v) is 14.3. The number of anilines is 1. The van der Waals surface area contributed by atoms with Gasteiger partial charge in [0.1, 0.15) is 5.75 Å². The molecule has 1 fully saturated rings. The molecule has 0 aromatic heterocycles. The summed E-state index contributed by atoms with van der Waals surface area (Å²) >= 11 is 6.46. The number of rotatable bonds is 5. The van der Waals surface area contributed by atoms with E-state index in [0.29, 0.717) is 18.0 Å². The van der Waals surface area contributed by atoms with Crippen molar-refractivity contribution < 1.29 is 4.74 Å². The molecule has 0 amide bonds. The lowest BCUT2D eigenvalue weighted by atomic mass is 9.96. The molecule has 1 N–H and O–H groups in total. The second kappa shape index (κ2) is 7.37. The Morgan fingerprint density at radius 1 is 1.43 bits per heavy atom. The van der Waals surface area contributed by atoms with Gasteiger partial charge in [0.15, 0.2) is 0 Å². The molecule has 1 saturated heterocycles. The van der Waals surface area contributed by atoms with Crippen molar-refractivity contribution in [2.45, 2.75) is 45.7 Å². The van der Waals surface area contributed by atoms with Gasteiger partial charge in [-0.3, -0.25) is 0 Å². The standard InChI is InChI=1S/C17H27ClN2O/c1-5-6-13-11-20(17(10-19-13)12(2)3)16-9-14(21-4)7-8-15(16)18/h7-9,12-13,17,19H,5-6,10-11H2,1-4H3. The average molecular weight is 311 g/mol. The van der Waals surface area contributed by atoms with E-state index in [4.69, 9.17) is 16.3 Å². The van der Waals surface area contributed by atoms with Crippen molar-refractivity contribution in [1.82, 2.24) is 5.32 Å². The average Bonchev–Trinajstić information content (AvgIpc) is 2.48. The zero-order valence-electron chi connectivity index (χ0n) is 13.5. The van der Waals surface area contributed by atoms with Crippen LogP contribution in [-0.2, 0) is 0 Å². The molecule has 2 unspecified atom stereocenters. The largest absolute Gasteiger partial charge is 0.497 e. The van der Waals surface area contributed by atoms with Gasteiger partial charge in [0.25, 0.3) is 0 Å². The third kappa shape index (κ3) is 3.83. The first-order valence-electron chi connectivity index (χ1n) is 7.90. The van der Waals surface area contributed by atoms with E-state index in [0.717, 1.165) is 29.5 Å². The van der Waals surface area contributed by atoms with Crippen LogP contribution in [-0.4, -0.2) is 32.3 Å². The Morgan fingerprint density at radius 3 is 2.81 bits per heavy atom. The lowest BCUT2D eigenvalue weighted by Gasteiger charge is -2.44. The van der Waals surface area contributed by atoms with Crippen LogP contribution in [0.5, 0.6) is 5.75 Å². The number of hydrogen-bond donors (Lipinski definition) is 1. The normalized spacial score (nSPS) is 22.7. The molecule has 0 spiro atoms. The highest BCUT2D eigenvalue weighted by atomic mass is 35.5. The fourth-order valence-corrected chi connectivity index (χ4v) is 3.32. The summed E-state index contributed by atoms with van der Waals surface area (Å²) in [5.41, 5.74) is 1.09. The van der Waals surface area contributed by atoms with Crippen molar-refractivity contribution in [3.05, 3.63) is 23.2 Å². The molecule has 2 rings (SSSR count). The van der Waals surface area contributed by atoms with Gasteiger partial charge in [0.05, 0.1) is 17.8 Å². The minimum absolute atomic E-state index is 0.461. The minimum Gasteiger partial charge on any atom is -0.497 e. The monoisotopic (exact) mass is 310 g/mol. The van der Waals surface area contributed by atoms with Crippen LogP contribution in [0, 0.1) is 5.92 Å². The molecule has 3 nitrogen and oxygen atoms in total. The van der Waals surface area contributed by atoms with E-state index in [9.17, 15) is 0 Å². The number of piperazine rings is 1. The molecule has 21 heavy (non-hydrogen) atoms. The maximum Gasteiger partial charge on any atom is 0.121 e. The van der Waals surface area contributed by atoms with Crippen LogP contribution in [0.15, 0.2) is 18.2 Å². The first-order chi connectivity index (χ1) is 10.1. The summed E-state index contributed by atoms with van der Waals surface area (Å²) in [6.45, 7) is 8.79. The van der Waals surface area contributed by atoms with Crippen LogP contribution < -0.4 is 15.0 Å². The molecule has 2 atom stereocenters. The van der Waals surface area contributed by atoms with Crippen LogP contribution in [0.2, 0.25) is 5.02 Å². The molecule has 1 aromatic rings. The predicted molar refractivity (Wildman–Crippen MR) is 90.7 cm³/mol. The number of benzene rings is 1. The Kier molecular flexibility index (Phi) is 5.77. The van der Waals surface area contributed by atoms with Gasteiger partial charge in [-0.2, -0.15) is 0 Å². The van der Waals surface area contributed by atoms with E-state index in [2.05, 4.69) is 37.1 Å². The van der Waals surface area contributed by atoms with Crippen molar-refractivity contribution in [2.24, 2.45) is 5.92 Å². The Hall–Kier alpha value is -0.930. The van der Waals surface area contributed by atoms with Crippen LogP contribution in [0.4, 0.5) is 5.69 Å². The van der Waals surface area contributed by atoms with E-state index < -0.39 is 0 Å². The number of halogens is 1. The predicted octanol–water partition coefficient (Wildman–Crippen LogP) is 3.95. The number of methoxy groups -OCH3 is 1. The summed E-state index contributed by atoms with van der Waals surface area (Å²) in [6, 6.07) is 6.91. The minimum atomic E-state index is 0.461. The highest BCUT2D eigenvalue weighted by Gasteiger charge is 2.30. The molecule has 4 heteroatoms. The van der Waals surface area contributed by atoms with Gasteiger partial charge in [0.2, 0.25) is 0 Å². The maximum absolute atomic E-state index is 6.46. The van der Waals surface area contributed by atoms with E-state index in [-0.39, 0.29) is 0 Å². The Balaban J connectivity index is 2.30. The quantitative estimate of drug-likeness (QED) is 0.891. The lowest BCUT2D eigenvalue weighted by Crippen LogP contribution is -2.58. The smallest absolute Gasteiger partial charge is 0.121 e. The van der Waals surface area contributed by atoms with E-state index in [1.54, 1.807) is 7.11 Å². The molecule has 0 saturated carbocycles. The number of nitrogens with one attached hydrogen (secondary N) is 1. The van der Waals surface area contributed by atoms with Crippen molar-refractivity contribution in [3.63, 3.8) is 0 Å². The molecular formula is C17H27ClN2O. The molecule has 1 heterocycles. The molecule has 0 radical (unpaired) electrons. The van der Waals surface area contributed by atoms with Crippen molar-refractivity contribution in [3.8, 4) is 5.75 Å². The SMILES string of the molecule is CCCC1CN(c2cc(OC)ccc2Cl)C(C(C)C)CN1. The van der Waals surface area contributed by atoms with E-state index in [1.807, 2.05) is 12.1 Å². The van der Waals surface area contributed by atoms with Crippen molar-refractivity contribution >= 4 is 17.3 Å². The lowest BCUT2D eigenvalue weighted by molar-refractivity contribution is 0.327. The second-order valence-electron chi connectivity index (χ2n) is 6.17. The summed E-state index contributed by atoms with van der Waals surface area (Å²) in [6.07, 6.45) is 2.40. The summed E-state index contributed by atoms with van der Waals surface area (Å²) in [7, 11) is 1.70. The van der Waals surface area contributed by atoms with Crippen molar-refractivity contribution in [1.29, 1.82) is 0 Å². The first-order valence-corrected chi connectivity index (χ1v) is 8.28. The van der Waals surface area contributed by atoms with Crippen LogP contribution in [0.1, 0.15) is 33.6 Å². The summed E-state index contributed by atoms with van der Waals surface area (Å²) < 4.78 is 5.37. The van der Waals surface area contributed by atoms with Gasteiger partial charge in [-0.25, -0.2) is 0 Å². The van der Waals surface area contributed by atoms with Crippen LogP contribution >= 0.6 is 11.6 Å². The molecular weight excluding hydrogens is 284 g/mol. The number of hydrogen-bond acceptors (Lipinski definition) is 3. The van der Waals surface area contributed by atoms with E-state index in [1.165, 1.54) is 12.8 Å². The van der Waals surface area contributed by atoms with Gasteiger partial charge in [0, 0.05) is 31.2 Å². The van der Waals surface area contributed by atoms with Crippen LogP contribution in [0.25, 0.3) is 0 Å². The molecule has 1 aliphatic rings. The zero-order chi connectivity index (χ0) is 15.4.